The molecule has 1 amide bonds. The van der Waals surface area contributed by atoms with Crippen LogP contribution in [0.1, 0.15) is 15.9 Å². The standard InChI is InChI=1S/C15H13NO3S/c17-9-11-4-1-2-6-12(11)14-10(8-16-15(18)19)5-3-7-13(14)20/h1-7,9,16,20H,8H2,(H,18,19). The second-order valence-corrected chi connectivity index (χ2v) is 4.66. The van der Waals surface area contributed by atoms with Gasteiger partial charge in [-0.05, 0) is 17.2 Å². The number of amides is 1. The lowest BCUT2D eigenvalue weighted by Gasteiger charge is -2.14. The number of rotatable bonds is 4. The number of carbonyl (C=O) groups excluding carboxylic acids is 1. The molecule has 20 heavy (non-hydrogen) atoms. The summed E-state index contributed by atoms with van der Waals surface area (Å²) in [6.07, 6.45) is -0.312. The van der Waals surface area contributed by atoms with Gasteiger partial charge in [-0.3, -0.25) is 4.79 Å². The summed E-state index contributed by atoms with van der Waals surface area (Å²) in [4.78, 5) is 22.5. The van der Waals surface area contributed by atoms with E-state index in [1.54, 1.807) is 18.2 Å². The lowest BCUT2D eigenvalue weighted by molar-refractivity contribution is 0.112. The van der Waals surface area contributed by atoms with Crippen LogP contribution in [0.2, 0.25) is 0 Å². The van der Waals surface area contributed by atoms with Crippen molar-refractivity contribution in [2.45, 2.75) is 11.4 Å². The van der Waals surface area contributed by atoms with Crippen molar-refractivity contribution in [2.75, 3.05) is 0 Å². The van der Waals surface area contributed by atoms with Gasteiger partial charge in [-0.15, -0.1) is 12.6 Å². The predicted octanol–water partition coefficient (Wildman–Crippen LogP) is 3.22. The van der Waals surface area contributed by atoms with E-state index < -0.39 is 6.09 Å². The lowest BCUT2D eigenvalue weighted by Crippen LogP contribution is -2.20. The highest BCUT2D eigenvalue weighted by molar-refractivity contribution is 7.80. The fourth-order valence-electron chi connectivity index (χ4n) is 2.04. The molecule has 2 aromatic rings. The summed E-state index contributed by atoms with van der Waals surface area (Å²) in [5, 5.41) is 11.1. The summed E-state index contributed by atoms with van der Waals surface area (Å²) in [6, 6.07) is 12.6. The number of carbonyl (C=O) groups is 2. The van der Waals surface area contributed by atoms with Crippen LogP contribution in [0.25, 0.3) is 11.1 Å². The minimum absolute atomic E-state index is 0.159. The average molecular weight is 287 g/mol. The molecule has 0 radical (unpaired) electrons. The maximum absolute atomic E-state index is 11.2. The molecule has 0 saturated heterocycles. The molecule has 0 saturated carbocycles. The van der Waals surface area contributed by atoms with Gasteiger partial charge in [0.15, 0.2) is 6.29 Å². The van der Waals surface area contributed by atoms with Gasteiger partial charge in [0.25, 0.3) is 0 Å². The van der Waals surface area contributed by atoms with Crippen LogP contribution in [0.5, 0.6) is 0 Å². The van der Waals surface area contributed by atoms with Crippen LogP contribution in [0, 0.1) is 0 Å². The minimum Gasteiger partial charge on any atom is -0.465 e. The van der Waals surface area contributed by atoms with Gasteiger partial charge >= 0.3 is 6.09 Å². The molecule has 4 nitrogen and oxygen atoms in total. The van der Waals surface area contributed by atoms with Crippen LogP contribution in [0.3, 0.4) is 0 Å². The van der Waals surface area contributed by atoms with E-state index in [0.29, 0.717) is 10.5 Å². The van der Waals surface area contributed by atoms with Gasteiger partial charge in [0.2, 0.25) is 0 Å². The molecule has 102 valence electrons. The van der Waals surface area contributed by atoms with Gasteiger partial charge in [0, 0.05) is 22.6 Å². The number of hydrogen-bond donors (Lipinski definition) is 3. The highest BCUT2D eigenvalue weighted by Crippen LogP contribution is 2.32. The van der Waals surface area contributed by atoms with Crippen LogP contribution in [0.4, 0.5) is 4.79 Å². The van der Waals surface area contributed by atoms with E-state index in [2.05, 4.69) is 17.9 Å². The molecule has 2 rings (SSSR count). The largest absolute Gasteiger partial charge is 0.465 e. The van der Waals surface area contributed by atoms with E-state index in [9.17, 15) is 9.59 Å². The first-order valence-corrected chi connectivity index (χ1v) is 6.40. The summed E-state index contributed by atoms with van der Waals surface area (Å²) < 4.78 is 0. The molecule has 0 aliphatic rings. The van der Waals surface area contributed by atoms with Gasteiger partial charge in [-0.1, -0.05) is 36.4 Å². The summed E-state index contributed by atoms with van der Waals surface area (Å²) in [6.45, 7) is 0.159. The molecule has 2 N–H and O–H groups in total. The van der Waals surface area contributed by atoms with E-state index in [1.165, 1.54) is 0 Å². The number of nitrogens with one attached hydrogen (secondary N) is 1. The van der Waals surface area contributed by atoms with E-state index in [1.807, 2.05) is 24.3 Å². The molecule has 0 aliphatic heterocycles. The molecule has 0 heterocycles. The molecule has 0 atom stereocenters. The molecule has 0 unspecified atom stereocenters. The second kappa shape index (κ2) is 6.25. The number of thiol groups is 1. The number of aldehydes is 1. The Morgan fingerprint density at radius 3 is 2.65 bits per heavy atom. The van der Waals surface area contributed by atoms with Crippen molar-refractivity contribution in [1.82, 2.24) is 5.32 Å². The Labute approximate surface area is 121 Å². The van der Waals surface area contributed by atoms with Gasteiger partial charge in [0.1, 0.15) is 0 Å². The van der Waals surface area contributed by atoms with Gasteiger partial charge in [-0.25, -0.2) is 4.79 Å². The normalized spacial score (nSPS) is 10.1. The molecule has 0 bridgehead atoms. The third kappa shape index (κ3) is 3.00. The Bertz CT molecular complexity index is 655. The summed E-state index contributed by atoms with van der Waals surface area (Å²) in [5.41, 5.74) is 2.84. The first kappa shape index (κ1) is 14.1. The van der Waals surface area contributed by atoms with E-state index in [-0.39, 0.29) is 6.54 Å². The van der Waals surface area contributed by atoms with Crippen LogP contribution in [0.15, 0.2) is 47.4 Å². The van der Waals surface area contributed by atoms with Crippen molar-refractivity contribution >= 4 is 25.0 Å². The maximum atomic E-state index is 11.2. The Balaban J connectivity index is 2.54. The minimum atomic E-state index is -1.09. The van der Waals surface area contributed by atoms with Crippen molar-refractivity contribution in [3.63, 3.8) is 0 Å². The summed E-state index contributed by atoms with van der Waals surface area (Å²) >= 11 is 4.42. The van der Waals surface area contributed by atoms with E-state index >= 15 is 0 Å². The Morgan fingerprint density at radius 1 is 1.20 bits per heavy atom. The van der Waals surface area contributed by atoms with Crippen molar-refractivity contribution in [1.29, 1.82) is 0 Å². The van der Waals surface area contributed by atoms with Gasteiger partial charge < -0.3 is 10.4 Å². The van der Waals surface area contributed by atoms with Crippen LogP contribution < -0.4 is 5.32 Å². The molecule has 0 spiro atoms. The van der Waals surface area contributed by atoms with Crippen molar-refractivity contribution in [3.8, 4) is 11.1 Å². The second-order valence-electron chi connectivity index (χ2n) is 4.18. The fourth-order valence-corrected chi connectivity index (χ4v) is 2.39. The Morgan fingerprint density at radius 2 is 1.95 bits per heavy atom. The number of benzene rings is 2. The lowest BCUT2D eigenvalue weighted by atomic mass is 9.95. The molecule has 0 aliphatic carbocycles. The molecule has 2 aromatic carbocycles. The predicted molar refractivity (Wildman–Crippen MR) is 79.4 cm³/mol. The Hall–Kier alpha value is -2.27. The highest BCUT2D eigenvalue weighted by Gasteiger charge is 2.12. The van der Waals surface area contributed by atoms with E-state index in [0.717, 1.165) is 23.0 Å². The Kier molecular flexibility index (Phi) is 4.42. The molecule has 0 fully saturated rings. The van der Waals surface area contributed by atoms with Gasteiger partial charge in [0.05, 0.1) is 0 Å². The van der Waals surface area contributed by atoms with Crippen molar-refractivity contribution < 1.29 is 14.7 Å². The smallest absolute Gasteiger partial charge is 0.404 e. The fraction of sp³-hybridized carbons (Fsp3) is 0.0667. The quantitative estimate of drug-likeness (QED) is 0.597. The van der Waals surface area contributed by atoms with Gasteiger partial charge in [-0.2, -0.15) is 0 Å². The van der Waals surface area contributed by atoms with Crippen LogP contribution in [-0.2, 0) is 6.54 Å². The SMILES string of the molecule is O=Cc1ccccc1-c1c(S)cccc1CNC(=O)O. The third-order valence-corrected chi connectivity index (χ3v) is 3.29. The monoisotopic (exact) mass is 287 g/mol. The first-order chi connectivity index (χ1) is 9.63. The molecular formula is C15H13NO3S. The summed E-state index contributed by atoms with van der Waals surface area (Å²) in [5.74, 6) is 0. The third-order valence-electron chi connectivity index (χ3n) is 2.92. The number of carboxylic acid groups (broad SMARTS) is 1. The zero-order valence-electron chi connectivity index (χ0n) is 10.5. The van der Waals surface area contributed by atoms with Crippen LogP contribution in [-0.4, -0.2) is 17.5 Å². The van der Waals surface area contributed by atoms with Crippen LogP contribution >= 0.6 is 12.6 Å². The topological polar surface area (TPSA) is 66.4 Å². The zero-order chi connectivity index (χ0) is 14.5. The first-order valence-electron chi connectivity index (χ1n) is 5.95. The van der Waals surface area contributed by atoms with Crippen molar-refractivity contribution in [2.24, 2.45) is 0 Å². The summed E-state index contributed by atoms with van der Waals surface area (Å²) in [7, 11) is 0. The molecular weight excluding hydrogens is 274 g/mol. The molecule has 5 heteroatoms. The average Bonchev–Trinajstić information content (AvgIpc) is 2.45. The zero-order valence-corrected chi connectivity index (χ0v) is 11.4. The molecule has 0 aromatic heterocycles. The van der Waals surface area contributed by atoms with Crippen molar-refractivity contribution in [3.05, 3.63) is 53.6 Å². The highest BCUT2D eigenvalue weighted by atomic mass is 32.1. The van der Waals surface area contributed by atoms with E-state index in [4.69, 9.17) is 5.11 Å². The number of hydrogen-bond acceptors (Lipinski definition) is 3. The maximum Gasteiger partial charge on any atom is 0.404 e.